The highest BCUT2D eigenvalue weighted by molar-refractivity contribution is 5.82. The number of aryl methyl sites for hydroxylation is 2. The van der Waals surface area contributed by atoms with Crippen molar-refractivity contribution in [2.24, 2.45) is 24.8 Å². The smallest absolute Gasteiger partial charge is 0.103 e. The molecule has 0 spiro atoms. The summed E-state index contributed by atoms with van der Waals surface area (Å²) in [6.07, 6.45) is 9.70. The first-order valence-corrected chi connectivity index (χ1v) is 11.0. The third-order valence-corrected chi connectivity index (χ3v) is 7.63. The Morgan fingerprint density at radius 3 is 2.86 bits per heavy atom. The summed E-state index contributed by atoms with van der Waals surface area (Å²) in [6, 6.07) is 5.37. The van der Waals surface area contributed by atoms with E-state index >= 15 is 0 Å². The molecule has 3 fully saturated rings. The molecule has 2 saturated heterocycles. The molecule has 6 rings (SSSR count). The molecule has 6 heteroatoms. The molecule has 6 nitrogen and oxygen atoms in total. The minimum Gasteiger partial charge on any atom is -0.381 e. The number of benzene rings is 1. The Morgan fingerprint density at radius 2 is 2.07 bits per heavy atom. The van der Waals surface area contributed by atoms with Crippen molar-refractivity contribution in [3.63, 3.8) is 0 Å². The second-order valence-corrected chi connectivity index (χ2v) is 9.35. The van der Waals surface area contributed by atoms with Crippen LogP contribution in [0.15, 0.2) is 30.7 Å². The molecule has 0 amide bonds. The molecule has 0 unspecified atom stereocenters. The van der Waals surface area contributed by atoms with Gasteiger partial charge in [-0.3, -0.25) is 4.68 Å². The normalized spacial score (nSPS) is 31.7. The van der Waals surface area contributed by atoms with E-state index in [9.17, 15) is 0 Å². The molecule has 0 bridgehead atoms. The topological polar surface area (TPSA) is 56.9 Å². The SMILES string of the molecule is Cc1cc2cnn(-c3cnn(C)c3)c2cc1[C@@H]1C[C@H]2CN[C@@H]([C@H]3CCOC3)[C@@H]2C1. The maximum absolute atomic E-state index is 5.69. The Balaban J connectivity index is 1.32. The van der Waals surface area contributed by atoms with Crippen molar-refractivity contribution < 1.29 is 4.74 Å². The zero-order chi connectivity index (χ0) is 19.5. The van der Waals surface area contributed by atoms with Gasteiger partial charge in [0, 0.05) is 31.0 Å². The standard InChI is InChI=1S/C23H29N5O/c1-14-5-18-10-26-28(19-11-25-27(2)12-19)22(18)8-20(14)16-6-17-9-24-23(21(17)7-16)15-3-4-29-13-15/h5,8,10-12,15-17,21,23-24H,3-4,6-7,9,13H2,1-2H3/t15-,16+,17-,21+,23-/m0/s1. The number of hydrogen-bond donors (Lipinski definition) is 1. The van der Waals surface area contributed by atoms with Gasteiger partial charge in [0.15, 0.2) is 0 Å². The fraction of sp³-hybridized carbons (Fsp3) is 0.565. The predicted molar refractivity (Wildman–Crippen MR) is 112 cm³/mol. The van der Waals surface area contributed by atoms with Crippen LogP contribution in [-0.2, 0) is 11.8 Å². The van der Waals surface area contributed by atoms with E-state index < -0.39 is 0 Å². The number of nitrogens with one attached hydrogen (secondary N) is 1. The first kappa shape index (κ1) is 17.7. The molecular weight excluding hydrogens is 362 g/mol. The molecule has 1 saturated carbocycles. The maximum Gasteiger partial charge on any atom is 0.103 e. The minimum atomic E-state index is 0.650. The number of ether oxygens (including phenoxy) is 1. The summed E-state index contributed by atoms with van der Waals surface area (Å²) < 4.78 is 9.55. The molecule has 1 aliphatic carbocycles. The van der Waals surface area contributed by atoms with Crippen LogP contribution < -0.4 is 5.32 Å². The lowest BCUT2D eigenvalue weighted by molar-refractivity contribution is 0.171. The predicted octanol–water partition coefficient (Wildman–Crippen LogP) is 3.19. The Kier molecular flexibility index (Phi) is 4.06. The summed E-state index contributed by atoms with van der Waals surface area (Å²) in [5.74, 6) is 2.96. The largest absolute Gasteiger partial charge is 0.381 e. The Morgan fingerprint density at radius 1 is 1.14 bits per heavy atom. The summed E-state index contributed by atoms with van der Waals surface area (Å²) in [6.45, 7) is 5.33. The second-order valence-electron chi connectivity index (χ2n) is 9.35. The van der Waals surface area contributed by atoms with Crippen molar-refractivity contribution in [1.82, 2.24) is 24.9 Å². The molecule has 2 aromatic heterocycles. The van der Waals surface area contributed by atoms with Crippen molar-refractivity contribution in [1.29, 1.82) is 0 Å². The third-order valence-electron chi connectivity index (χ3n) is 7.63. The van der Waals surface area contributed by atoms with Gasteiger partial charge in [-0.15, -0.1) is 0 Å². The van der Waals surface area contributed by atoms with Crippen LogP contribution in [0.5, 0.6) is 0 Å². The zero-order valence-corrected chi connectivity index (χ0v) is 17.2. The lowest BCUT2D eigenvalue weighted by Gasteiger charge is -2.24. The van der Waals surface area contributed by atoms with Crippen molar-refractivity contribution in [2.75, 3.05) is 19.8 Å². The maximum atomic E-state index is 5.69. The van der Waals surface area contributed by atoms with E-state index in [1.165, 1.54) is 47.8 Å². The van der Waals surface area contributed by atoms with Gasteiger partial charge in [0.2, 0.25) is 0 Å². The molecular formula is C23H29N5O. The van der Waals surface area contributed by atoms with Crippen LogP contribution in [0.1, 0.15) is 36.3 Å². The minimum absolute atomic E-state index is 0.650. The summed E-state index contributed by atoms with van der Waals surface area (Å²) in [5, 5.41) is 14.0. The van der Waals surface area contributed by atoms with Crippen LogP contribution in [0, 0.1) is 24.7 Å². The van der Waals surface area contributed by atoms with Gasteiger partial charge in [-0.2, -0.15) is 10.2 Å². The summed E-state index contributed by atoms with van der Waals surface area (Å²) in [7, 11) is 1.95. The van der Waals surface area contributed by atoms with Crippen LogP contribution in [0.2, 0.25) is 0 Å². The van der Waals surface area contributed by atoms with Gasteiger partial charge in [0.05, 0.1) is 30.7 Å². The van der Waals surface area contributed by atoms with E-state index in [1.807, 2.05) is 35.0 Å². The molecule has 1 aromatic carbocycles. The van der Waals surface area contributed by atoms with Crippen LogP contribution >= 0.6 is 0 Å². The van der Waals surface area contributed by atoms with Gasteiger partial charge in [-0.1, -0.05) is 0 Å². The molecule has 0 radical (unpaired) electrons. The van der Waals surface area contributed by atoms with Gasteiger partial charge < -0.3 is 10.1 Å². The first-order chi connectivity index (χ1) is 14.2. The summed E-state index contributed by atoms with van der Waals surface area (Å²) in [5.41, 5.74) is 5.13. The molecule has 4 heterocycles. The number of nitrogens with zero attached hydrogens (tertiary/aromatic N) is 4. The number of aromatic nitrogens is 4. The Bertz CT molecular complexity index is 1050. The molecule has 3 aromatic rings. The van der Waals surface area contributed by atoms with Crippen LogP contribution in [0.4, 0.5) is 0 Å². The van der Waals surface area contributed by atoms with E-state index in [2.05, 4.69) is 34.6 Å². The van der Waals surface area contributed by atoms with Crippen LogP contribution in [-0.4, -0.2) is 45.4 Å². The van der Waals surface area contributed by atoms with E-state index in [1.54, 1.807) is 0 Å². The fourth-order valence-electron chi connectivity index (χ4n) is 6.24. The molecule has 152 valence electrons. The Hall–Kier alpha value is -2.18. The van der Waals surface area contributed by atoms with Crippen LogP contribution in [0.25, 0.3) is 16.6 Å². The second kappa shape index (κ2) is 6.67. The van der Waals surface area contributed by atoms with Crippen molar-refractivity contribution in [3.8, 4) is 5.69 Å². The number of rotatable bonds is 3. The lowest BCUT2D eigenvalue weighted by atomic mass is 9.84. The van der Waals surface area contributed by atoms with Crippen molar-refractivity contribution in [2.45, 2.75) is 38.1 Å². The quantitative estimate of drug-likeness (QED) is 0.745. The number of hydrogen-bond acceptors (Lipinski definition) is 4. The molecule has 5 atom stereocenters. The van der Waals surface area contributed by atoms with Gasteiger partial charge in [0.1, 0.15) is 5.69 Å². The summed E-state index contributed by atoms with van der Waals surface area (Å²) in [4.78, 5) is 0. The average molecular weight is 392 g/mol. The summed E-state index contributed by atoms with van der Waals surface area (Å²) >= 11 is 0. The molecule has 2 aliphatic heterocycles. The number of fused-ring (bicyclic) bond motifs is 2. The zero-order valence-electron chi connectivity index (χ0n) is 17.2. The van der Waals surface area contributed by atoms with Gasteiger partial charge in [-0.05, 0) is 73.7 Å². The average Bonchev–Trinajstić information content (AvgIpc) is 3.49. The molecule has 3 aliphatic rings. The van der Waals surface area contributed by atoms with Crippen molar-refractivity contribution >= 4 is 10.9 Å². The van der Waals surface area contributed by atoms with E-state index in [0.29, 0.717) is 17.9 Å². The highest BCUT2D eigenvalue weighted by Crippen LogP contribution is 2.49. The highest BCUT2D eigenvalue weighted by atomic mass is 16.5. The third kappa shape index (κ3) is 2.84. The van der Waals surface area contributed by atoms with Gasteiger partial charge in [0.25, 0.3) is 0 Å². The highest BCUT2D eigenvalue weighted by Gasteiger charge is 2.47. The first-order valence-electron chi connectivity index (χ1n) is 11.0. The monoisotopic (exact) mass is 391 g/mol. The van der Waals surface area contributed by atoms with E-state index in [4.69, 9.17) is 4.74 Å². The van der Waals surface area contributed by atoms with Crippen LogP contribution in [0.3, 0.4) is 0 Å². The Labute approximate surface area is 171 Å². The molecule has 1 N–H and O–H groups in total. The fourth-order valence-corrected chi connectivity index (χ4v) is 6.24. The van der Waals surface area contributed by atoms with Crippen molar-refractivity contribution in [3.05, 3.63) is 41.9 Å². The lowest BCUT2D eigenvalue weighted by Crippen LogP contribution is -2.35. The van der Waals surface area contributed by atoms with Gasteiger partial charge in [-0.25, -0.2) is 4.68 Å². The van der Waals surface area contributed by atoms with Gasteiger partial charge >= 0.3 is 0 Å². The van der Waals surface area contributed by atoms with E-state index in [-0.39, 0.29) is 0 Å². The van der Waals surface area contributed by atoms with E-state index in [0.717, 1.165) is 30.7 Å². The molecule has 29 heavy (non-hydrogen) atoms.